The molecule has 0 atom stereocenters. The molecule has 0 aliphatic rings. The maximum absolute atomic E-state index is 11.3. The first-order chi connectivity index (χ1) is 10.1. The summed E-state index contributed by atoms with van der Waals surface area (Å²) in [6, 6.07) is 19.4. The number of para-hydroxylation sites is 1. The molecule has 0 amide bonds. The van der Waals surface area contributed by atoms with Crippen molar-refractivity contribution in [2.24, 2.45) is 0 Å². The van der Waals surface area contributed by atoms with Crippen molar-refractivity contribution in [3.63, 3.8) is 0 Å². The second kappa shape index (κ2) is 6.81. The molecular weight excluding hydrogens is 309 g/mol. The van der Waals surface area contributed by atoms with E-state index in [0.29, 0.717) is 10.8 Å². The summed E-state index contributed by atoms with van der Waals surface area (Å²) in [5.74, 6) is 0. The first kappa shape index (κ1) is 17.0. The van der Waals surface area contributed by atoms with E-state index in [4.69, 9.17) is 0 Å². The maximum Gasteiger partial charge on any atom is 1.00 e. The van der Waals surface area contributed by atoms with E-state index in [1.54, 1.807) is 24.3 Å². The Labute approximate surface area is 151 Å². The predicted octanol–water partition coefficient (Wildman–Crippen LogP) is 0.492. The van der Waals surface area contributed by atoms with Crippen LogP contribution < -0.4 is 34.9 Å². The van der Waals surface area contributed by atoms with Crippen molar-refractivity contribution in [3.8, 4) is 0 Å². The molecule has 3 aromatic rings. The first-order valence-electron chi connectivity index (χ1n) is 6.35. The fourth-order valence-electron chi connectivity index (χ4n) is 2.29. The number of fused-ring (bicyclic) bond motifs is 1. The number of rotatable bonds is 3. The van der Waals surface area contributed by atoms with Crippen LogP contribution in [0.2, 0.25) is 0 Å². The maximum atomic E-state index is 11.3. The van der Waals surface area contributed by atoms with E-state index in [1.807, 2.05) is 36.4 Å². The van der Waals surface area contributed by atoms with Crippen LogP contribution in [0.5, 0.6) is 0 Å². The molecule has 3 rings (SSSR count). The molecule has 1 N–H and O–H groups in total. The Morgan fingerprint density at radius 3 is 2.09 bits per heavy atom. The molecule has 0 radical (unpaired) electrons. The predicted molar refractivity (Wildman–Crippen MR) is 81.6 cm³/mol. The Kier molecular flexibility index (Phi) is 5.26. The van der Waals surface area contributed by atoms with Crippen LogP contribution in [0, 0.1) is 0 Å². The molecule has 22 heavy (non-hydrogen) atoms. The van der Waals surface area contributed by atoms with Crippen molar-refractivity contribution in [1.29, 1.82) is 0 Å². The number of hydrogen-bond donors (Lipinski definition) is 1. The van der Waals surface area contributed by atoms with Crippen LogP contribution in [0.4, 0.5) is 11.4 Å². The second-order valence-corrected chi connectivity index (χ2v) is 5.95. The van der Waals surface area contributed by atoms with Crippen LogP contribution in [-0.2, 0) is 10.1 Å². The number of benzene rings is 3. The Bertz CT molecular complexity index is 896. The largest absolute Gasteiger partial charge is 1.00 e. The molecule has 0 aromatic heterocycles. The monoisotopic (exact) mass is 321 g/mol. The summed E-state index contributed by atoms with van der Waals surface area (Å²) in [5.41, 5.74) is 1.64. The van der Waals surface area contributed by atoms with Gasteiger partial charge in [-0.2, -0.15) is 0 Å². The minimum Gasteiger partial charge on any atom is -0.744 e. The van der Waals surface area contributed by atoms with Crippen molar-refractivity contribution in [2.75, 3.05) is 5.32 Å². The fourth-order valence-corrected chi connectivity index (χ4v) is 2.98. The molecule has 3 aromatic carbocycles. The van der Waals surface area contributed by atoms with Gasteiger partial charge in [-0.15, -0.1) is 0 Å². The quantitative estimate of drug-likeness (QED) is 0.563. The molecular formula is C16H12NNaO3S. The third-order valence-electron chi connectivity index (χ3n) is 3.20. The average molecular weight is 321 g/mol. The molecule has 0 bridgehead atoms. The summed E-state index contributed by atoms with van der Waals surface area (Å²) in [6.45, 7) is 0. The van der Waals surface area contributed by atoms with Gasteiger partial charge in [0, 0.05) is 22.1 Å². The molecule has 0 heterocycles. The standard InChI is InChI=1S/C16H13NO3S.Na/c18-21(19,20)16-11-5-8-13-14(16)9-4-10-15(13)17-12-6-2-1-3-7-12;/h1-11,17H,(H,18,19,20);/q;+1/p-1. The van der Waals surface area contributed by atoms with Crippen molar-refractivity contribution < 1.29 is 42.5 Å². The van der Waals surface area contributed by atoms with E-state index in [0.717, 1.165) is 11.4 Å². The zero-order chi connectivity index (χ0) is 14.9. The molecule has 0 aliphatic carbocycles. The number of nitrogens with one attached hydrogen (secondary N) is 1. The summed E-state index contributed by atoms with van der Waals surface area (Å²) in [7, 11) is -4.50. The normalized spacial score (nSPS) is 11.0. The van der Waals surface area contributed by atoms with Crippen LogP contribution in [0.3, 0.4) is 0 Å². The van der Waals surface area contributed by atoms with Gasteiger partial charge < -0.3 is 9.87 Å². The first-order valence-corrected chi connectivity index (χ1v) is 7.76. The Morgan fingerprint density at radius 1 is 0.773 bits per heavy atom. The van der Waals surface area contributed by atoms with Crippen LogP contribution in [0.1, 0.15) is 0 Å². The Hall–Kier alpha value is -1.37. The summed E-state index contributed by atoms with van der Waals surface area (Å²) in [4.78, 5) is -0.197. The molecule has 0 saturated heterocycles. The molecule has 0 spiro atoms. The van der Waals surface area contributed by atoms with Crippen LogP contribution in [-0.4, -0.2) is 13.0 Å². The molecule has 6 heteroatoms. The van der Waals surface area contributed by atoms with Crippen molar-refractivity contribution >= 4 is 32.3 Å². The minimum atomic E-state index is -4.50. The average Bonchev–Trinajstić information content (AvgIpc) is 2.47. The molecule has 0 saturated carbocycles. The van der Waals surface area contributed by atoms with Crippen LogP contribution in [0.25, 0.3) is 10.8 Å². The molecule has 0 unspecified atom stereocenters. The Morgan fingerprint density at radius 2 is 1.41 bits per heavy atom. The summed E-state index contributed by atoms with van der Waals surface area (Å²) in [6.07, 6.45) is 0. The molecule has 0 fully saturated rings. The van der Waals surface area contributed by atoms with E-state index in [2.05, 4.69) is 5.32 Å². The van der Waals surface area contributed by atoms with Crippen molar-refractivity contribution in [2.45, 2.75) is 4.90 Å². The third kappa shape index (κ3) is 3.51. The van der Waals surface area contributed by atoms with Gasteiger partial charge in [0.15, 0.2) is 0 Å². The van der Waals surface area contributed by atoms with Gasteiger partial charge in [0.25, 0.3) is 0 Å². The number of hydrogen-bond acceptors (Lipinski definition) is 4. The van der Waals surface area contributed by atoms with Crippen LogP contribution in [0.15, 0.2) is 71.6 Å². The van der Waals surface area contributed by atoms with Gasteiger partial charge in [-0.05, 0) is 24.3 Å². The van der Waals surface area contributed by atoms with Crippen molar-refractivity contribution in [1.82, 2.24) is 0 Å². The van der Waals surface area contributed by atoms with E-state index in [-0.39, 0.29) is 34.5 Å². The van der Waals surface area contributed by atoms with Gasteiger partial charge in [-0.3, -0.25) is 0 Å². The molecule has 0 aliphatic heterocycles. The SMILES string of the molecule is O=S(=O)([O-])c1cccc2c(Nc3ccccc3)cccc12.[Na+]. The van der Waals surface area contributed by atoms with E-state index in [9.17, 15) is 13.0 Å². The molecule has 4 nitrogen and oxygen atoms in total. The van der Waals surface area contributed by atoms with Gasteiger partial charge in [0.2, 0.25) is 0 Å². The minimum absolute atomic E-state index is 0. The van der Waals surface area contributed by atoms with E-state index >= 15 is 0 Å². The second-order valence-electron chi connectivity index (χ2n) is 4.60. The molecule has 106 valence electrons. The number of anilines is 2. The zero-order valence-corrected chi connectivity index (χ0v) is 14.8. The van der Waals surface area contributed by atoms with E-state index in [1.165, 1.54) is 6.07 Å². The zero-order valence-electron chi connectivity index (χ0n) is 12.0. The summed E-state index contributed by atoms with van der Waals surface area (Å²) >= 11 is 0. The Balaban J connectivity index is 0.00000176. The van der Waals surface area contributed by atoms with Gasteiger partial charge in [-0.1, -0.05) is 42.5 Å². The van der Waals surface area contributed by atoms with Crippen LogP contribution >= 0.6 is 0 Å². The third-order valence-corrected chi connectivity index (χ3v) is 4.10. The summed E-state index contributed by atoms with van der Waals surface area (Å²) < 4.78 is 34.0. The smallest absolute Gasteiger partial charge is 0.744 e. The van der Waals surface area contributed by atoms with Gasteiger partial charge >= 0.3 is 29.6 Å². The van der Waals surface area contributed by atoms with Crippen molar-refractivity contribution in [3.05, 3.63) is 66.7 Å². The van der Waals surface area contributed by atoms with E-state index < -0.39 is 10.1 Å². The summed E-state index contributed by atoms with van der Waals surface area (Å²) in [5, 5.41) is 4.35. The van der Waals surface area contributed by atoms with Gasteiger partial charge in [-0.25, -0.2) is 8.42 Å². The topological polar surface area (TPSA) is 69.2 Å². The fraction of sp³-hybridized carbons (Fsp3) is 0. The van der Waals surface area contributed by atoms with Gasteiger partial charge in [0.05, 0.1) is 4.90 Å². The van der Waals surface area contributed by atoms with Gasteiger partial charge in [0.1, 0.15) is 10.1 Å².